The van der Waals surface area contributed by atoms with E-state index in [-0.39, 0.29) is 114 Å². The number of anilines is 15. The molecule has 0 saturated heterocycles. The minimum absolute atomic E-state index is 0.00169. The van der Waals surface area contributed by atoms with Crippen LogP contribution in [0.25, 0.3) is 30.4 Å². The van der Waals surface area contributed by atoms with Crippen LogP contribution in [-0.4, -0.2) is 216 Å². The summed E-state index contributed by atoms with van der Waals surface area (Å²) in [5.41, 5.74) is 13.8. The van der Waals surface area contributed by atoms with Gasteiger partial charge in [0.05, 0.1) is 0 Å². The summed E-state index contributed by atoms with van der Waals surface area (Å²) in [6.45, 7) is 0. The van der Waals surface area contributed by atoms with Crippen molar-refractivity contribution in [3.05, 3.63) is 407 Å². The first kappa shape index (κ1) is 99.3. The molecule has 5 saturated carbocycles. The number of hydrogen-bond acceptors (Lipinski definition) is 23. The summed E-state index contributed by atoms with van der Waals surface area (Å²) in [6.07, 6.45) is 18.7. The first-order chi connectivity index (χ1) is 73.5. The third-order valence-corrected chi connectivity index (χ3v) is 54.5. The van der Waals surface area contributed by atoms with E-state index in [4.69, 9.17) is 4.74 Å². The molecule has 0 spiro atoms. The van der Waals surface area contributed by atoms with Crippen LogP contribution in [0, 0.1) is 29.6 Å². The monoisotopic (exact) mass is 2790 g/mol. The van der Waals surface area contributed by atoms with Crippen molar-refractivity contribution in [3.8, 4) is 11.5 Å². The molecule has 5 aromatic heterocycles. The molecule has 10 atom stereocenters. The molecule has 15 heterocycles. The molecule has 0 bridgehead atoms. The molecule has 10 unspecified atom stereocenters. The van der Waals surface area contributed by atoms with Gasteiger partial charge in [0.25, 0.3) is 0 Å². The molecule has 30 heteroatoms. The first-order valence-electron chi connectivity index (χ1n) is 47.9. The van der Waals surface area contributed by atoms with Crippen molar-refractivity contribution >= 4 is 396 Å². The fourth-order valence-electron chi connectivity index (χ4n) is 20.4. The van der Waals surface area contributed by atoms with Crippen molar-refractivity contribution in [1.82, 2.24) is 0 Å². The zero-order chi connectivity index (χ0) is 101. The van der Waals surface area contributed by atoms with Gasteiger partial charge in [0.2, 0.25) is 0 Å². The van der Waals surface area contributed by atoms with E-state index in [0.29, 0.717) is 57.8 Å². The Morgan fingerprint density at radius 1 is 0.213 bits per heavy atom. The Hall–Kier alpha value is -10.1. The fraction of sp³-hybridized carbons (Fsp3) is 0.0833. The number of rotatable bonds is 10. The summed E-state index contributed by atoms with van der Waals surface area (Å²) < 4.78 is 23.7. The second kappa shape index (κ2) is 42.3. The van der Waals surface area contributed by atoms with Gasteiger partial charge in [0, 0.05) is 0 Å². The predicted molar refractivity (Wildman–Crippen MR) is 619 cm³/mol. The van der Waals surface area contributed by atoms with Crippen LogP contribution in [-0.2, 0) is 47.9 Å². The fourth-order valence-corrected chi connectivity index (χ4v) is 46.2. The van der Waals surface area contributed by atoms with E-state index in [9.17, 15) is 47.9 Å². The minimum atomic E-state index is -0.770. The van der Waals surface area contributed by atoms with E-state index < -0.39 is 102 Å². The third-order valence-electron chi connectivity index (χ3n) is 27.4. The third kappa shape index (κ3) is 18.4. The zero-order valence-electron chi connectivity index (χ0n) is 78.2. The number of fused-ring (bicyclic) bond motifs is 15. The van der Waals surface area contributed by atoms with Crippen molar-refractivity contribution in [3.63, 3.8) is 0 Å². The molecule has 5 fully saturated rings. The molecular formula is C120H75N5O11S7Se2Te5. The van der Waals surface area contributed by atoms with E-state index in [2.05, 4.69) is 291 Å². The van der Waals surface area contributed by atoms with Crippen molar-refractivity contribution in [2.24, 2.45) is 29.6 Å². The van der Waals surface area contributed by atoms with Crippen LogP contribution in [0.5, 0.6) is 11.5 Å². The van der Waals surface area contributed by atoms with Crippen LogP contribution in [0.15, 0.2) is 408 Å². The molecule has 150 heavy (non-hydrogen) atoms. The van der Waals surface area contributed by atoms with E-state index >= 15 is 0 Å². The SMILES string of the molecule is O=C1/C(=C\c2ccc(N3c4ccccc4Oc4ccccc43)[te]2)C(=O)C2SC=CC12.O=C1/C(=C\c2ccc(N3c4ccccc4Sc4ccccc43)[te]2)C(=O)C2SC=CC12.O=C1/C(=C\c2ccc(N3c4ccccc4Sc4ccccc43)[te]2)C(=O)C2SC=CC12.O=C1/C(=C\c2ccc(N3c4ccccc4[Se]c4ccccc43)[te]2)C(=O)C2SC=CC12.O=C1/C(=C\c2ccc(N3c4ccccc4[Se]c4ccccc43)[te]2)C(=O)C2SC=CC12. The Labute approximate surface area is 954 Å². The number of hydrogen-bond donors (Lipinski definition) is 0. The van der Waals surface area contributed by atoms with Gasteiger partial charge in [-0.2, -0.15) is 0 Å². The Morgan fingerprint density at radius 2 is 0.407 bits per heavy atom. The van der Waals surface area contributed by atoms with E-state index in [1.54, 1.807) is 23.5 Å². The van der Waals surface area contributed by atoms with E-state index in [1.165, 1.54) is 160 Å². The number of allylic oxidation sites excluding steroid dienone is 10. The van der Waals surface area contributed by atoms with Gasteiger partial charge in [-0.1, -0.05) is 0 Å². The van der Waals surface area contributed by atoms with Crippen molar-refractivity contribution in [2.75, 3.05) is 24.5 Å². The predicted octanol–water partition coefficient (Wildman–Crippen LogP) is 21.9. The number of carbonyl (C=O) groups excluding carboxylic acids is 10. The standard InChI is InChI=1S/C24H15NO3STe.2C24H15NO2S2Te.2C24H15NO2SSeTe/c26-22-15-11-12-29-24(15)23(27)16(22)13-14-9-10-21(30-14)25-17-5-1-3-7-19(17)28-20-8-4-2-6-18(20)25;4*26-22-15-11-12-28-24(15)23(27)16(22)13-14-9-10-21(30-14)25-17-5-1-3-7-19(17)29-20-8-4-2-6-18(20)25/h5*1-13,15,24H/b5*16-13+. The number of carbonyl (C=O) groups is 10. The Balaban J connectivity index is 0.0000000945. The van der Waals surface area contributed by atoms with Crippen molar-refractivity contribution in [1.29, 1.82) is 0 Å². The second-order valence-corrected chi connectivity index (χ2v) is 63.8. The molecule has 730 valence electrons. The maximum absolute atomic E-state index is 12.7. The molecule has 5 aliphatic carbocycles. The van der Waals surface area contributed by atoms with E-state index in [1.807, 2.05) is 124 Å². The molecule has 30 rings (SSSR count). The maximum atomic E-state index is 12.7. The molecule has 10 aliphatic heterocycles. The summed E-state index contributed by atoms with van der Waals surface area (Å²) in [7, 11) is 0. The van der Waals surface area contributed by atoms with Crippen LogP contribution < -0.4 is 47.1 Å². The van der Waals surface area contributed by atoms with Gasteiger partial charge in [0.1, 0.15) is 0 Å². The zero-order valence-corrected chi connectivity index (χ0v) is 99.0. The molecule has 15 aliphatic rings. The normalized spacial score (nSPS) is 23.0. The Kier molecular flexibility index (Phi) is 28.0. The summed E-state index contributed by atoms with van der Waals surface area (Å²) in [6, 6.07) is 106. The van der Waals surface area contributed by atoms with Crippen LogP contribution in [0.1, 0.15) is 17.9 Å². The van der Waals surface area contributed by atoms with E-state index in [0.717, 1.165) is 40.8 Å². The van der Waals surface area contributed by atoms with Crippen LogP contribution in [0.2, 0.25) is 0 Å². The Morgan fingerprint density at radius 3 is 0.640 bits per heavy atom. The summed E-state index contributed by atoms with van der Waals surface area (Å²) >= 11 is 7.91. The molecule has 16 nitrogen and oxygen atoms in total. The quantitative estimate of drug-likeness (QED) is 0.0711. The molecule has 15 aromatic rings. The number of Topliss-reactive ketones (excluding diaryl/α,β-unsaturated/α-hetero) is 10. The molecular weight excluding hydrogens is 2710 g/mol. The molecule has 0 N–H and O–H groups in total. The second-order valence-electron chi connectivity index (χ2n) is 36.2. The summed E-state index contributed by atoms with van der Waals surface area (Å²) in [5.74, 6) is 0.214. The number of thioether (sulfide) groups is 5. The topological polar surface area (TPSA) is 196 Å². The Bertz CT molecular complexity index is 7300. The average molecular weight is 2780 g/mol. The van der Waals surface area contributed by atoms with Gasteiger partial charge in [-0.15, -0.1) is 0 Å². The van der Waals surface area contributed by atoms with Crippen LogP contribution in [0.4, 0.5) is 75.4 Å². The van der Waals surface area contributed by atoms with Gasteiger partial charge in [0.15, 0.2) is 0 Å². The van der Waals surface area contributed by atoms with Gasteiger partial charge in [-0.25, -0.2) is 0 Å². The van der Waals surface area contributed by atoms with Crippen LogP contribution in [0.3, 0.4) is 0 Å². The van der Waals surface area contributed by atoms with Gasteiger partial charge in [-0.3, -0.25) is 0 Å². The number of benzene rings is 10. The first-order valence-corrected chi connectivity index (χ1v) is 69.4. The van der Waals surface area contributed by atoms with Crippen LogP contribution >= 0.6 is 82.3 Å². The molecule has 0 amide bonds. The summed E-state index contributed by atoms with van der Waals surface area (Å²) in [5, 5.41) is 8.21. The van der Waals surface area contributed by atoms with Gasteiger partial charge >= 0.3 is 966 Å². The van der Waals surface area contributed by atoms with Crippen molar-refractivity contribution in [2.45, 2.75) is 45.8 Å². The average Bonchev–Trinajstić information content (AvgIpc) is 1.71. The number of para-hydroxylation sites is 12. The molecule has 0 radical (unpaired) electrons. The number of nitrogens with zero attached hydrogens (tertiary/aromatic N) is 5. The summed E-state index contributed by atoms with van der Waals surface area (Å²) in [4.78, 5) is 144. The molecule has 10 aromatic carbocycles. The number of ether oxygens (including phenoxy) is 1. The number of ketones is 10. The van der Waals surface area contributed by atoms with Gasteiger partial charge in [-0.05, 0) is 0 Å². The van der Waals surface area contributed by atoms with Gasteiger partial charge < -0.3 is 0 Å². The van der Waals surface area contributed by atoms with Crippen molar-refractivity contribution < 1.29 is 52.7 Å².